The summed E-state index contributed by atoms with van der Waals surface area (Å²) in [6, 6.07) is 0. The minimum Gasteiger partial charge on any atom is -0.471 e. The van der Waals surface area contributed by atoms with Crippen LogP contribution in [0.2, 0.25) is 0 Å². The van der Waals surface area contributed by atoms with Gasteiger partial charge in [0.05, 0.1) is 7.11 Å². The van der Waals surface area contributed by atoms with E-state index in [0.29, 0.717) is 6.47 Å². The van der Waals surface area contributed by atoms with Crippen LogP contribution in [0.3, 0.4) is 0 Å². The standard InChI is InChI=1S/C2H4O2.3ClH/c1-4-2-3;;;/h2H,1H3;3*1H. The van der Waals surface area contributed by atoms with Gasteiger partial charge in [-0.3, -0.25) is 4.79 Å². The number of methoxy groups -OCH3 is 1. The van der Waals surface area contributed by atoms with Crippen molar-refractivity contribution in [1.82, 2.24) is 0 Å². The average Bonchev–Trinajstić information content (AvgIpc) is 1.37. The second kappa shape index (κ2) is 33.0. The van der Waals surface area contributed by atoms with Gasteiger partial charge in [-0.05, 0) is 0 Å². The summed E-state index contributed by atoms with van der Waals surface area (Å²) in [4.78, 5) is 8.95. The third-order valence-corrected chi connectivity index (χ3v) is 0.0962. The Kier molecular flexibility index (Phi) is 125. The Morgan fingerprint density at radius 2 is 1.43 bits per heavy atom. The highest BCUT2D eigenvalue weighted by Crippen LogP contribution is 1.35. The van der Waals surface area contributed by atoms with Gasteiger partial charge < -0.3 is 4.74 Å². The SMILES string of the molecule is COC=O.Cl.Cl.Cl. The van der Waals surface area contributed by atoms with Crippen LogP contribution in [0.1, 0.15) is 0 Å². The van der Waals surface area contributed by atoms with E-state index in [1.165, 1.54) is 7.11 Å². The molecule has 0 fully saturated rings. The zero-order chi connectivity index (χ0) is 3.41. The molecule has 2 nitrogen and oxygen atoms in total. The van der Waals surface area contributed by atoms with Gasteiger partial charge in [-0.2, -0.15) is 0 Å². The van der Waals surface area contributed by atoms with E-state index in [0.717, 1.165) is 0 Å². The number of carbonyl (C=O) groups excluding carboxylic acids is 1. The van der Waals surface area contributed by atoms with Gasteiger partial charge >= 0.3 is 0 Å². The quantitative estimate of drug-likeness (QED) is 0.549. The summed E-state index contributed by atoms with van der Waals surface area (Å²) in [7, 11) is 1.31. The molecule has 0 aliphatic rings. The van der Waals surface area contributed by atoms with Gasteiger partial charge in [0, 0.05) is 0 Å². The maximum Gasteiger partial charge on any atom is 0.292 e. The lowest BCUT2D eigenvalue weighted by atomic mass is 11.5. The predicted molar refractivity (Wildman–Crippen MR) is 34.8 cm³/mol. The lowest BCUT2D eigenvalue weighted by Crippen LogP contribution is -1.68. The summed E-state index contributed by atoms with van der Waals surface area (Å²) in [5.41, 5.74) is 0. The molecule has 0 heterocycles. The molecule has 0 saturated heterocycles. The number of rotatable bonds is 1. The fourth-order valence-corrected chi connectivity index (χ4v) is 0. The first-order valence-electron chi connectivity index (χ1n) is 0.880. The first-order valence-corrected chi connectivity index (χ1v) is 0.880. The van der Waals surface area contributed by atoms with Crippen molar-refractivity contribution in [3.05, 3.63) is 0 Å². The van der Waals surface area contributed by atoms with Gasteiger partial charge in [-0.1, -0.05) is 0 Å². The molecule has 7 heavy (non-hydrogen) atoms. The van der Waals surface area contributed by atoms with Crippen molar-refractivity contribution in [2.24, 2.45) is 0 Å². The normalized spacial score (nSPS) is 3.00. The number of ether oxygens (including phenoxy) is 1. The van der Waals surface area contributed by atoms with E-state index < -0.39 is 0 Å². The van der Waals surface area contributed by atoms with Crippen LogP contribution < -0.4 is 0 Å². The van der Waals surface area contributed by atoms with E-state index in [4.69, 9.17) is 4.79 Å². The molecule has 0 unspecified atom stereocenters. The molecule has 0 bridgehead atoms. The van der Waals surface area contributed by atoms with Crippen LogP contribution in [-0.4, -0.2) is 13.6 Å². The molecule has 0 N–H and O–H groups in total. The van der Waals surface area contributed by atoms with E-state index in [-0.39, 0.29) is 37.2 Å². The summed E-state index contributed by atoms with van der Waals surface area (Å²) in [6.07, 6.45) is 0. The van der Waals surface area contributed by atoms with Gasteiger partial charge in [0.1, 0.15) is 0 Å². The lowest BCUT2D eigenvalue weighted by molar-refractivity contribution is -0.126. The number of halogens is 3. The zero-order valence-corrected chi connectivity index (χ0v) is 6.07. The molecule has 0 aliphatic carbocycles. The molecule has 48 valence electrons. The maximum atomic E-state index is 8.95. The smallest absolute Gasteiger partial charge is 0.292 e. The highest BCUT2D eigenvalue weighted by molar-refractivity contribution is 5.86. The molecular formula is C2H7Cl3O2. The molecule has 0 aliphatic heterocycles. The topological polar surface area (TPSA) is 26.3 Å². The average molecular weight is 169 g/mol. The molecule has 0 rings (SSSR count). The van der Waals surface area contributed by atoms with Crippen molar-refractivity contribution in [2.45, 2.75) is 0 Å². The Morgan fingerprint density at radius 3 is 1.43 bits per heavy atom. The molecule has 0 radical (unpaired) electrons. The molecule has 0 saturated carbocycles. The third-order valence-electron chi connectivity index (χ3n) is 0.0962. The monoisotopic (exact) mass is 168 g/mol. The molecule has 0 atom stereocenters. The summed E-state index contributed by atoms with van der Waals surface area (Å²) in [5, 5.41) is 0. The Bertz CT molecular complexity index is 24.9. The largest absolute Gasteiger partial charge is 0.471 e. The second-order valence-electron chi connectivity index (χ2n) is 0.332. The first kappa shape index (κ1) is 26.4. The first-order chi connectivity index (χ1) is 1.91. The van der Waals surface area contributed by atoms with Crippen molar-refractivity contribution in [2.75, 3.05) is 7.11 Å². The van der Waals surface area contributed by atoms with Gasteiger partial charge in [0.15, 0.2) is 0 Å². The molecular weight excluding hydrogens is 162 g/mol. The van der Waals surface area contributed by atoms with Gasteiger partial charge in [-0.15, -0.1) is 37.2 Å². The second-order valence-corrected chi connectivity index (χ2v) is 0.332. The Hall–Kier alpha value is 0.340. The van der Waals surface area contributed by atoms with E-state index in [1.54, 1.807) is 0 Å². The van der Waals surface area contributed by atoms with Crippen LogP contribution in [0.5, 0.6) is 0 Å². The van der Waals surface area contributed by atoms with Crippen LogP contribution in [0.25, 0.3) is 0 Å². The Morgan fingerprint density at radius 1 is 1.29 bits per heavy atom. The lowest BCUT2D eigenvalue weighted by Gasteiger charge is -1.67. The van der Waals surface area contributed by atoms with Crippen LogP contribution in [-0.2, 0) is 9.53 Å². The van der Waals surface area contributed by atoms with Crippen molar-refractivity contribution >= 4 is 43.7 Å². The number of hydrogen-bond donors (Lipinski definition) is 0. The van der Waals surface area contributed by atoms with Crippen LogP contribution >= 0.6 is 37.2 Å². The molecule has 5 heteroatoms. The fourth-order valence-electron chi connectivity index (χ4n) is 0. The van der Waals surface area contributed by atoms with Crippen LogP contribution in [0.4, 0.5) is 0 Å². The van der Waals surface area contributed by atoms with E-state index in [2.05, 4.69) is 4.74 Å². The molecule has 0 spiro atoms. The van der Waals surface area contributed by atoms with Gasteiger partial charge in [0.2, 0.25) is 0 Å². The van der Waals surface area contributed by atoms with E-state index in [1.807, 2.05) is 0 Å². The van der Waals surface area contributed by atoms with Crippen molar-refractivity contribution in [1.29, 1.82) is 0 Å². The molecule has 0 aromatic heterocycles. The molecule has 0 aromatic rings. The number of hydrogen-bond acceptors (Lipinski definition) is 2. The van der Waals surface area contributed by atoms with Gasteiger partial charge in [-0.25, -0.2) is 0 Å². The highest BCUT2D eigenvalue weighted by atomic mass is 35.5. The fraction of sp³-hybridized carbons (Fsp3) is 0.500. The number of carbonyl (C=O) groups is 1. The van der Waals surface area contributed by atoms with Crippen molar-refractivity contribution in [3.8, 4) is 0 Å². The summed E-state index contributed by atoms with van der Waals surface area (Å²) >= 11 is 0. The van der Waals surface area contributed by atoms with E-state index >= 15 is 0 Å². The minimum absolute atomic E-state index is 0. The summed E-state index contributed by atoms with van der Waals surface area (Å²) in [6.45, 7) is 0.375. The Balaban J connectivity index is -0.0000000150. The van der Waals surface area contributed by atoms with Gasteiger partial charge in [0.25, 0.3) is 6.47 Å². The molecule has 0 aromatic carbocycles. The summed E-state index contributed by atoms with van der Waals surface area (Å²) in [5.74, 6) is 0. The van der Waals surface area contributed by atoms with Crippen LogP contribution in [0, 0.1) is 0 Å². The third kappa shape index (κ3) is 66.5. The highest BCUT2D eigenvalue weighted by Gasteiger charge is 1.44. The zero-order valence-electron chi connectivity index (χ0n) is 3.62. The van der Waals surface area contributed by atoms with Crippen molar-refractivity contribution < 1.29 is 9.53 Å². The van der Waals surface area contributed by atoms with Crippen LogP contribution in [0.15, 0.2) is 0 Å². The summed E-state index contributed by atoms with van der Waals surface area (Å²) < 4.78 is 3.86. The predicted octanol–water partition coefficient (Wildman–Crippen LogP) is 1.05. The Labute approximate surface area is 60.8 Å². The minimum atomic E-state index is 0. The van der Waals surface area contributed by atoms with Crippen molar-refractivity contribution in [3.63, 3.8) is 0 Å². The maximum absolute atomic E-state index is 8.95. The molecule has 0 amide bonds. The van der Waals surface area contributed by atoms with E-state index in [9.17, 15) is 0 Å².